The molecule has 4 rings (SSSR count). The molecule has 0 aromatic rings. The second-order valence-corrected chi connectivity index (χ2v) is 7.45. The van der Waals surface area contributed by atoms with E-state index >= 15 is 0 Å². The average Bonchev–Trinajstić information content (AvgIpc) is 3.06. The Morgan fingerprint density at radius 1 is 1.04 bits per heavy atom. The molecule has 1 amide bonds. The second kappa shape index (κ2) is 4.58. The summed E-state index contributed by atoms with van der Waals surface area (Å²) in [4.78, 5) is 11.9. The number of nitrogens with one attached hydrogen (secondary N) is 1. The van der Waals surface area contributed by atoms with Gasteiger partial charge in [-0.3, -0.25) is 0 Å². The maximum absolute atomic E-state index is 11.9. The summed E-state index contributed by atoms with van der Waals surface area (Å²) < 4.78 is 34.9. The van der Waals surface area contributed by atoms with Crippen molar-refractivity contribution in [1.82, 2.24) is 5.32 Å². The Morgan fingerprint density at radius 3 is 2.35 bits per heavy atom. The lowest BCUT2D eigenvalue weighted by Gasteiger charge is -2.37. The molecular weight excluding hydrogens is 306 g/mol. The van der Waals surface area contributed by atoms with Gasteiger partial charge < -0.3 is 33.7 Å². The summed E-state index contributed by atoms with van der Waals surface area (Å²) >= 11 is 0. The summed E-state index contributed by atoms with van der Waals surface area (Å²) in [6.07, 6.45) is -2.84. The lowest BCUT2D eigenvalue weighted by molar-refractivity contribution is -0.232. The highest BCUT2D eigenvalue weighted by Gasteiger charge is 2.72. The van der Waals surface area contributed by atoms with Gasteiger partial charge in [0.1, 0.15) is 30.0 Å². The fourth-order valence-corrected chi connectivity index (χ4v) is 4.00. The van der Waals surface area contributed by atoms with Crippen molar-refractivity contribution < 1.29 is 33.2 Å². The van der Waals surface area contributed by atoms with Gasteiger partial charge in [0.25, 0.3) is 0 Å². The van der Waals surface area contributed by atoms with Crippen molar-refractivity contribution in [3.63, 3.8) is 0 Å². The SMILES string of the molecule is C[C@@H]1OC(=O)N[C@]12[C@@H]([C@H]1COC(C)(C)O1)O[C@@H]1OC(C)(C)O[C@@H]12. The van der Waals surface area contributed by atoms with E-state index in [-0.39, 0.29) is 6.10 Å². The van der Waals surface area contributed by atoms with Crippen LogP contribution in [0.4, 0.5) is 4.79 Å². The zero-order valence-corrected chi connectivity index (χ0v) is 14.0. The molecule has 4 aliphatic rings. The smallest absolute Gasteiger partial charge is 0.408 e. The summed E-state index contributed by atoms with van der Waals surface area (Å²) in [6, 6.07) is 0. The van der Waals surface area contributed by atoms with Gasteiger partial charge in [-0.1, -0.05) is 0 Å². The molecule has 0 aliphatic carbocycles. The Bertz CT molecular complexity index is 536. The van der Waals surface area contributed by atoms with Crippen LogP contribution in [0.1, 0.15) is 34.6 Å². The number of fused-ring (bicyclic) bond motifs is 2. The van der Waals surface area contributed by atoms with Crippen molar-refractivity contribution in [3.05, 3.63) is 0 Å². The molecule has 4 aliphatic heterocycles. The molecule has 1 N–H and O–H groups in total. The van der Waals surface area contributed by atoms with Crippen molar-refractivity contribution in [2.75, 3.05) is 6.61 Å². The van der Waals surface area contributed by atoms with Crippen LogP contribution in [0.3, 0.4) is 0 Å². The minimum absolute atomic E-state index is 0.352. The predicted octanol–water partition coefficient (Wildman–Crippen LogP) is 0.881. The highest BCUT2D eigenvalue weighted by Crippen LogP contribution is 2.49. The molecule has 0 unspecified atom stereocenters. The van der Waals surface area contributed by atoms with Crippen molar-refractivity contribution in [2.45, 2.75) is 82.4 Å². The minimum Gasteiger partial charge on any atom is -0.444 e. The van der Waals surface area contributed by atoms with Gasteiger partial charge >= 0.3 is 6.09 Å². The Hall–Kier alpha value is -0.930. The van der Waals surface area contributed by atoms with E-state index in [4.69, 9.17) is 28.4 Å². The third kappa shape index (κ3) is 2.20. The summed E-state index contributed by atoms with van der Waals surface area (Å²) in [5.41, 5.74) is -0.871. The molecule has 0 radical (unpaired) electrons. The molecule has 130 valence electrons. The highest BCUT2D eigenvalue weighted by molar-refractivity contribution is 5.72. The molecule has 6 atom stereocenters. The molecule has 0 bridgehead atoms. The Morgan fingerprint density at radius 2 is 1.78 bits per heavy atom. The van der Waals surface area contributed by atoms with Crippen LogP contribution in [0.2, 0.25) is 0 Å². The first-order valence-corrected chi connectivity index (χ1v) is 7.95. The Labute approximate surface area is 134 Å². The molecule has 0 aromatic carbocycles. The van der Waals surface area contributed by atoms with Gasteiger partial charge in [-0.05, 0) is 34.6 Å². The number of rotatable bonds is 1. The van der Waals surface area contributed by atoms with Crippen LogP contribution in [0, 0.1) is 0 Å². The quantitative estimate of drug-likeness (QED) is 0.764. The molecule has 8 nitrogen and oxygen atoms in total. The molecule has 0 aromatic heterocycles. The number of carbonyl (C=O) groups excluding carboxylic acids is 1. The van der Waals surface area contributed by atoms with Crippen LogP contribution < -0.4 is 5.32 Å². The molecule has 23 heavy (non-hydrogen) atoms. The molecule has 4 fully saturated rings. The number of alkyl carbamates (subject to hydrolysis) is 1. The average molecular weight is 329 g/mol. The van der Waals surface area contributed by atoms with Crippen molar-refractivity contribution in [2.24, 2.45) is 0 Å². The van der Waals surface area contributed by atoms with E-state index in [0.717, 1.165) is 0 Å². The fraction of sp³-hybridized carbons (Fsp3) is 0.933. The number of amides is 1. The van der Waals surface area contributed by atoms with E-state index in [1.54, 1.807) is 0 Å². The lowest BCUT2D eigenvalue weighted by atomic mass is 9.81. The monoisotopic (exact) mass is 329 g/mol. The minimum atomic E-state index is -0.871. The number of hydrogen-bond acceptors (Lipinski definition) is 7. The Balaban J connectivity index is 1.69. The van der Waals surface area contributed by atoms with Crippen LogP contribution in [0.25, 0.3) is 0 Å². The van der Waals surface area contributed by atoms with E-state index in [1.165, 1.54) is 0 Å². The molecular formula is C15H23NO7. The van der Waals surface area contributed by atoms with Gasteiger partial charge in [0.15, 0.2) is 17.9 Å². The summed E-state index contributed by atoms with van der Waals surface area (Å²) in [7, 11) is 0. The van der Waals surface area contributed by atoms with E-state index < -0.39 is 47.8 Å². The first-order chi connectivity index (χ1) is 10.6. The fourth-order valence-electron chi connectivity index (χ4n) is 4.00. The Kier molecular flexibility index (Phi) is 3.10. The number of hydrogen-bond donors (Lipinski definition) is 1. The van der Waals surface area contributed by atoms with Crippen molar-refractivity contribution in [3.8, 4) is 0 Å². The maximum atomic E-state index is 11.9. The zero-order chi connectivity index (χ0) is 16.6. The highest BCUT2D eigenvalue weighted by atomic mass is 16.8. The first kappa shape index (κ1) is 15.6. The topological polar surface area (TPSA) is 84.5 Å². The largest absolute Gasteiger partial charge is 0.444 e. The molecule has 8 heteroatoms. The third-order valence-electron chi connectivity index (χ3n) is 4.92. The predicted molar refractivity (Wildman–Crippen MR) is 75.4 cm³/mol. The van der Waals surface area contributed by atoms with Gasteiger partial charge in [0.2, 0.25) is 0 Å². The van der Waals surface area contributed by atoms with Gasteiger partial charge in [-0.25, -0.2) is 4.79 Å². The maximum Gasteiger partial charge on any atom is 0.408 e. The van der Waals surface area contributed by atoms with Gasteiger partial charge in [-0.15, -0.1) is 0 Å². The van der Waals surface area contributed by atoms with Crippen LogP contribution in [-0.4, -0.2) is 60.5 Å². The number of cyclic esters (lactones) is 1. The standard InChI is InChI=1S/C15H23NO7/c1-7-15(16-12(17)19-7)9(8-6-18-13(2,3)21-8)20-11-10(15)22-14(4,5)23-11/h7-11H,6H2,1-5H3,(H,16,17)/t7-,8+,9+,10-,11+,15-/m0/s1. The van der Waals surface area contributed by atoms with E-state index in [2.05, 4.69) is 5.32 Å². The van der Waals surface area contributed by atoms with E-state index in [1.807, 2.05) is 34.6 Å². The van der Waals surface area contributed by atoms with Crippen LogP contribution in [0.15, 0.2) is 0 Å². The molecule has 4 heterocycles. The van der Waals surface area contributed by atoms with Gasteiger partial charge in [-0.2, -0.15) is 0 Å². The third-order valence-corrected chi connectivity index (χ3v) is 4.92. The van der Waals surface area contributed by atoms with Gasteiger partial charge in [0.05, 0.1) is 6.61 Å². The van der Waals surface area contributed by atoms with Crippen molar-refractivity contribution >= 4 is 6.09 Å². The summed E-state index contributed by atoms with van der Waals surface area (Å²) in [5.74, 6) is -1.48. The molecule has 1 spiro atoms. The van der Waals surface area contributed by atoms with E-state index in [0.29, 0.717) is 6.61 Å². The van der Waals surface area contributed by atoms with Crippen LogP contribution >= 0.6 is 0 Å². The van der Waals surface area contributed by atoms with Crippen LogP contribution in [0.5, 0.6) is 0 Å². The summed E-state index contributed by atoms with van der Waals surface area (Å²) in [6.45, 7) is 9.52. The number of ether oxygens (including phenoxy) is 6. The first-order valence-electron chi connectivity index (χ1n) is 7.95. The second-order valence-electron chi connectivity index (χ2n) is 7.45. The number of carbonyl (C=O) groups is 1. The normalized spacial score (nSPS) is 50.1. The zero-order valence-electron chi connectivity index (χ0n) is 14.0. The molecule has 4 saturated heterocycles. The van der Waals surface area contributed by atoms with Crippen LogP contribution in [-0.2, 0) is 28.4 Å². The van der Waals surface area contributed by atoms with E-state index in [9.17, 15) is 4.79 Å². The lowest BCUT2D eigenvalue weighted by Crippen LogP contribution is -2.65. The van der Waals surface area contributed by atoms with Crippen molar-refractivity contribution in [1.29, 1.82) is 0 Å². The summed E-state index contributed by atoms with van der Waals surface area (Å²) in [5, 5.41) is 2.92. The van der Waals surface area contributed by atoms with Gasteiger partial charge in [0, 0.05) is 0 Å². The molecule has 0 saturated carbocycles.